The summed E-state index contributed by atoms with van der Waals surface area (Å²) in [6.07, 6.45) is 45.5. The van der Waals surface area contributed by atoms with Crippen LogP contribution in [0.1, 0.15) is 232 Å². The minimum atomic E-state index is -2.46. The van der Waals surface area contributed by atoms with Gasteiger partial charge in [0.1, 0.15) is 0 Å². The quantitative estimate of drug-likeness (QED) is 0.0468. The Kier molecular flexibility index (Phi) is 41.6. The molecule has 0 heterocycles. The zero-order valence-electron chi connectivity index (χ0n) is 33.2. The second kappa shape index (κ2) is 41.5. The van der Waals surface area contributed by atoms with Gasteiger partial charge in [0.25, 0.3) is 0 Å². The van der Waals surface area contributed by atoms with Gasteiger partial charge in [0.2, 0.25) is 0 Å². The van der Waals surface area contributed by atoms with Gasteiger partial charge in [-0.1, -0.05) is 206 Å². The first-order chi connectivity index (χ1) is 23.7. The van der Waals surface area contributed by atoms with Crippen molar-refractivity contribution in [2.75, 3.05) is 27.4 Å². The van der Waals surface area contributed by atoms with Gasteiger partial charge < -0.3 is 18.5 Å². The molecule has 0 saturated heterocycles. The standard InChI is InChI=1S/C42H87O5P/c1-5-7-9-11-13-15-17-19-21-23-25-27-29-31-33-35-41(44-3)37-39-46-48(43)47-40-38-42(45-4)36-34-32-30-28-26-24-22-20-18-16-14-12-10-8-6-2/h41-42,48H,5-40H2,1-4H3. The van der Waals surface area contributed by atoms with Crippen LogP contribution < -0.4 is 0 Å². The smallest absolute Gasteiger partial charge is 0.319 e. The summed E-state index contributed by atoms with van der Waals surface area (Å²) in [5.74, 6) is 0. The predicted octanol–water partition coefficient (Wildman–Crippen LogP) is 14.7. The highest BCUT2D eigenvalue weighted by Crippen LogP contribution is 2.26. The van der Waals surface area contributed by atoms with Crippen LogP contribution in [0.5, 0.6) is 0 Å². The van der Waals surface area contributed by atoms with Gasteiger partial charge in [-0.2, -0.15) is 0 Å². The normalized spacial score (nSPS) is 13.7. The minimum Gasteiger partial charge on any atom is -0.381 e. The van der Waals surface area contributed by atoms with E-state index in [-0.39, 0.29) is 12.2 Å². The van der Waals surface area contributed by atoms with E-state index in [2.05, 4.69) is 13.8 Å². The highest BCUT2D eigenvalue weighted by molar-refractivity contribution is 7.33. The molecule has 6 heteroatoms. The highest BCUT2D eigenvalue weighted by atomic mass is 31.1. The summed E-state index contributed by atoms with van der Waals surface area (Å²) in [6, 6.07) is 0. The van der Waals surface area contributed by atoms with Crippen LogP contribution in [0.3, 0.4) is 0 Å². The third-order valence-electron chi connectivity index (χ3n) is 10.2. The van der Waals surface area contributed by atoms with E-state index in [1.807, 2.05) is 0 Å². The molecule has 0 N–H and O–H groups in total. The van der Waals surface area contributed by atoms with Crippen LogP contribution in [-0.4, -0.2) is 39.6 Å². The second-order valence-electron chi connectivity index (χ2n) is 14.7. The highest BCUT2D eigenvalue weighted by Gasteiger charge is 2.11. The minimum absolute atomic E-state index is 0.176. The fraction of sp³-hybridized carbons (Fsp3) is 1.00. The molecule has 0 radical (unpaired) electrons. The summed E-state index contributed by atoms with van der Waals surface area (Å²) in [5.41, 5.74) is 0. The Hall–Kier alpha value is 0.0700. The Morgan fingerprint density at radius 2 is 0.583 bits per heavy atom. The lowest BCUT2D eigenvalue weighted by Gasteiger charge is -2.16. The summed E-state index contributed by atoms with van der Waals surface area (Å²) < 4.78 is 34.6. The average Bonchev–Trinajstić information content (AvgIpc) is 3.09. The summed E-state index contributed by atoms with van der Waals surface area (Å²) in [6.45, 7) is 5.44. The molecule has 2 atom stereocenters. The lowest BCUT2D eigenvalue weighted by atomic mass is 10.0. The van der Waals surface area contributed by atoms with Crippen molar-refractivity contribution in [3.63, 3.8) is 0 Å². The van der Waals surface area contributed by atoms with Crippen molar-refractivity contribution in [1.82, 2.24) is 0 Å². The Morgan fingerprint density at radius 1 is 0.354 bits per heavy atom. The Labute approximate surface area is 302 Å². The van der Waals surface area contributed by atoms with Gasteiger partial charge in [-0.25, -0.2) is 0 Å². The maximum Gasteiger partial charge on any atom is 0.319 e. The first-order valence-electron chi connectivity index (χ1n) is 21.5. The first-order valence-corrected chi connectivity index (χ1v) is 22.7. The molecule has 0 aromatic rings. The lowest BCUT2D eigenvalue weighted by Crippen LogP contribution is -2.14. The summed E-state index contributed by atoms with van der Waals surface area (Å²) >= 11 is 0. The second-order valence-corrected chi connectivity index (χ2v) is 15.8. The Balaban J connectivity index is 3.55. The van der Waals surface area contributed by atoms with E-state index in [1.54, 1.807) is 14.2 Å². The van der Waals surface area contributed by atoms with Crippen LogP contribution in [0.15, 0.2) is 0 Å². The van der Waals surface area contributed by atoms with E-state index in [0.29, 0.717) is 13.2 Å². The Bertz CT molecular complexity index is 569. The van der Waals surface area contributed by atoms with Crippen molar-refractivity contribution in [2.45, 2.75) is 244 Å². The molecule has 0 aromatic heterocycles. The van der Waals surface area contributed by atoms with Gasteiger partial charge in [-0.05, 0) is 25.7 Å². The summed E-state index contributed by atoms with van der Waals surface area (Å²) in [7, 11) is 1.10. The van der Waals surface area contributed by atoms with E-state index in [0.717, 1.165) is 25.7 Å². The van der Waals surface area contributed by atoms with E-state index in [9.17, 15) is 4.57 Å². The van der Waals surface area contributed by atoms with Gasteiger partial charge in [-0.15, -0.1) is 0 Å². The van der Waals surface area contributed by atoms with Crippen LogP contribution in [0.4, 0.5) is 0 Å². The van der Waals surface area contributed by atoms with Gasteiger partial charge in [0.05, 0.1) is 25.4 Å². The topological polar surface area (TPSA) is 54.0 Å². The van der Waals surface area contributed by atoms with Crippen LogP contribution in [0.25, 0.3) is 0 Å². The van der Waals surface area contributed by atoms with E-state index in [1.165, 1.54) is 193 Å². The van der Waals surface area contributed by atoms with Crippen molar-refractivity contribution < 1.29 is 23.1 Å². The number of hydrogen-bond donors (Lipinski definition) is 0. The third kappa shape index (κ3) is 37.3. The van der Waals surface area contributed by atoms with Crippen LogP contribution in [0, 0.1) is 0 Å². The van der Waals surface area contributed by atoms with Gasteiger partial charge in [0, 0.05) is 14.2 Å². The molecule has 48 heavy (non-hydrogen) atoms. The maximum absolute atomic E-state index is 12.3. The van der Waals surface area contributed by atoms with E-state index >= 15 is 0 Å². The van der Waals surface area contributed by atoms with Crippen LogP contribution in [-0.2, 0) is 23.1 Å². The number of unbranched alkanes of at least 4 members (excludes halogenated alkanes) is 28. The fourth-order valence-corrected chi connectivity index (χ4v) is 7.49. The summed E-state index contributed by atoms with van der Waals surface area (Å²) in [4.78, 5) is 0. The van der Waals surface area contributed by atoms with Crippen molar-refractivity contribution in [2.24, 2.45) is 0 Å². The molecular formula is C42H87O5P. The largest absolute Gasteiger partial charge is 0.381 e. The zero-order valence-corrected chi connectivity index (χ0v) is 34.2. The van der Waals surface area contributed by atoms with Crippen LogP contribution in [0.2, 0.25) is 0 Å². The molecule has 0 aliphatic carbocycles. The van der Waals surface area contributed by atoms with Crippen molar-refractivity contribution in [3.8, 4) is 0 Å². The molecular weight excluding hydrogens is 615 g/mol. The van der Waals surface area contributed by atoms with Gasteiger partial charge in [0.15, 0.2) is 0 Å². The lowest BCUT2D eigenvalue weighted by molar-refractivity contribution is 0.0638. The number of hydrogen-bond acceptors (Lipinski definition) is 5. The molecule has 0 aromatic carbocycles. The third-order valence-corrected chi connectivity index (χ3v) is 11.1. The fourth-order valence-electron chi connectivity index (χ4n) is 6.84. The van der Waals surface area contributed by atoms with Crippen LogP contribution >= 0.6 is 8.25 Å². The summed E-state index contributed by atoms with van der Waals surface area (Å²) in [5, 5.41) is 0. The van der Waals surface area contributed by atoms with E-state index < -0.39 is 8.25 Å². The molecule has 0 amide bonds. The molecule has 0 bridgehead atoms. The monoisotopic (exact) mass is 703 g/mol. The zero-order chi connectivity index (χ0) is 35.0. The molecule has 0 spiro atoms. The SMILES string of the molecule is CCCCCCCCCCCCCCCCCC(CCO[PH](=O)OCCC(CCCCCCCCCCCCCCCCC)OC)OC. The predicted molar refractivity (Wildman–Crippen MR) is 211 cm³/mol. The molecule has 0 saturated carbocycles. The molecule has 0 aliphatic heterocycles. The molecule has 0 rings (SSSR count). The first kappa shape index (κ1) is 48.1. The number of methoxy groups -OCH3 is 2. The maximum atomic E-state index is 12.3. The molecule has 0 fully saturated rings. The molecule has 5 nitrogen and oxygen atoms in total. The van der Waals surface area contributed by atoms with E-state index in [4.69, 9.17) is 18.5 Å². The molecule has 290 valence electrons. The molecule has 0 aliphatic rings. The molecule has 2 unspecified atom stereocenters. The van der Waals surface area contributed by atoms with Crippen molar-refractivity contribution in [1.29, 1.82) is 0 Å². The van der Waals surface area contributed by atoms with Gasteiger partial charge in [-0.3, -0.25) is 4.57 Å². The number of ether oxygens (including phenoxy) is 2. The van der Waals surface area contributed by atoms with Crippen molar-refractivity contribution >= 4 is 8.25 Å². The Morgan fingerprint density at radius 3 is 0.812 bits per heavy atom. The number of rotatable bonds is 42. The van der Waals surface area contributed by atoms with Crippen molar-refractivity contribution in [3.05, 3.63) is 0 Å². The average molecular weight is 703 g/mol. The van der Waals surface area contributed by atoms with Gasteiger partial charge >= 0.3 is 8.25 Å².